The summed E-state index contributed by atoms with van der Waals surface area (Å²) in [5.74, 6) is 2.03. The van der Waals surface area contributed by atoms with Crippen LogP contribution in [0.4, 0.5) is 5.69 Å². The first-order valence-corrected chi connectivity index (χ1v) is 8.20. The summed E-state index contributed by atoms with van der Waals surface area (Å²) in [6, 6.07) is 9.44. The van der Waals surface area contributed by atoms with Crippen molar-refractivity contribution in [1.29, 1.82) is 0 Å². The van der Waals surface area contributed by atoms with Crippen LogP contribution in [0, 0.1) is 6.92 Å². The summed E-state index contributed by atoms with van der Waals surface area (Å²) in [4.78, 5) is 14.7. The number of benzene rings is 1. The zero-order valence-electron chi connectivity index (χ0n) is 11.9. The highest BCUT2D eigenvalue weighted by molar-refractivity contribution is 9.10. The van der Waals surface area contributed by atoms with Gasteiger partial charge in [0.2, 0.25) is 5.91 Å². The number of amides is 1. The Kier molecular flexibility index (Phi) is 5.36. The lowest BCUT2D eigenvalue weighted by Gasteiger charge is -2.15. The van der Waals surface area contributed by atoms with Gasteiger partial charge in [-0.15, -0.1) is 11.8 Å². The van der Waals surface area contributed by atoms with Crippen molar-refractivity contribution >= 4 is 39.3 Å². The van der Waals surface area contributed by atoms with E-state index in [9.17, 15) is 4.79 Å². The molecule has 2 aromatic rings. The van der Waals surface area contributed by atoms with Crippen molar-refractivity contribution in [3.05, 3.63) is 46.3 Å². The molecule has 0 aliphatic heterocycles. The summed E-state index contributed by atoms with van der Waals surface area (Å²) in [6.45, 7) is 2.36. The van der Waals surface area contributed by atoms with Crippen LogP contribution in [0.1, 0.15) is 11.5 Å². The van der Waals surface area contributed by atoms with Crippen molar-refractivity contribution in [1.82, 2.24) is 4.90 Å². The minimum Gasteiger partial charge on any atom is -0.464 e. The normalized spacial score (nSPS) is 10.6. The summed E-state index contributed by atoms with van der Waals surface area (Å²) in [5.41, 5.74) is 6.59. The predicted molar refractivity (Wildman–Crippen MR) is 89.2 cm³/mol. The molecule has 0 aliphatic rings. The Bertz CT molecular complexity index is 642. The number of carbonyl (C=O) groups is 1. The van der Waals surface area contributed by atoms with Crippen LogP contribution in [0.3, 0.4) is 0 Å². The van der Waals surface area contributed by atoms with Gasteiger partial charge in [0, 0.05) is 22.1 Å². The number of anilines is 1. The molecule has 0 fully saturated rings. The van der Waals surface area contributed by atoms with Crippen molar-refractivity contribution in [2.45, 2.75) is 18.4 Å². The molecule has 0 aliphatic carbocycles. The lowest BCUT2D eigenvalue weighted by atomic mass is 10.3. The van der Waals surface area contributed by atoms with E-state index in [-0.39, 0.29) is 5.91 Å². The first-order valence-electron chi connectivity index (χ1n) is 6.43. The van der Waals surface area contributed by atoms with E-state index in [1.165, 1.54) is 11.8 Å². The lowest BCUT2D eigenvalue weighted by molar-refractivity contribution is -0.127. The molecule has 6 heteroatoms. The maximum atomic E-state index is 12.1. The molecule has 2 N–H and O–H groups in total. The average Bonchev–Trinajstić information content (AvgIpc) is 2.82. The number of thioether (sulfide) groups is 1. The molecule has 0 bridgehead atoms. The maximum absolute atomic E-state index is 12.1. The Balaban J connectivity index is 1.89. The molecule has 0 saturated carbocycles. The van der Waals surface area contributed by atoms with Gasteiger partial charge in [0.05, 0.1) is 12.3 Å². The Morgan fingerprint density at radius 1 is 1.38 bits per heavy atom. The maximum Gasteiger partial charge on any atom is 0.233 e. The summed E-state index contributed by atoms with van der Waals surface area (Å²) >= 11 is 4.80. The molecule has 2 rings (SSSR count). The first-order chi connectivity index (χ1) is 9.95. The average molecular weight is 369 g/mol. The Morgan fingerprint density at radius 2 is 2.14 bits per heavy atom. The highest BCUT2D eigenvalue weighted by atomic mass is 79.9. The number of carbonyl (C=O) groups excluding carboxylic acids is 1. The van der Waals surface area contributed by atoms with Gasteiger partial charge in [-0.05, 0) is 37.3 Å². The summed E-state index contributed by atoms with van der Waals surface area (Å²) in [6.07, 6.45) is 0. The zero-order valence-corrected chi connectivity index (χ0v) is 14.3. The summed E-state index contributed by atoms with van der Waals surface area (Å²) in [5, 5.41) is 0. The van der Waals surface area contributed by atoms with Crippen LogP contribution in [0.25, 0.3) is 0 Å². The molecule has 0 atom stereocenters. The molecule has 21 heavy (non-hydrogen) atoms. The summed E-state index contributed by atoms with van der Waals surface area (Å²) < 4.78 is 6.40. The van der Waals surface area contributed by atoms with Gasteiger partial charge in [0.1, 0.15) is 11.5 Å². The van der Waals surface area contributed by atoms with Crippen molar-refractivity contribution < 1.29 is 9.21 Å². The molecule has 1 aromatic heterocycles. The highest BCUT2D eigenvalue weighted by Crippen LogP contribution is 2.28. The number of hydrogen-bond donors (Lipinski definition) is 1. The van der Waals surface area contributed by atoms with Crippen molar-refractivity contribution in [3.63, 3.8) is 0 Å². The van der Waals surface area contributed by atoms with E-state index in [1.807, 2.05) is 37.3 Å². The van der Waals surface area contributed by atoms with Crippen LogP contribution in [-0.4, -0.2) is 23.6 Å². The van der Waals surface area contributed by atoms with Crippen LogP contribution in [0.5, 0.6) is 0 Å². The molecule has 0 saturated heterocycles. The lowest BCUT2D eigenvalue weighted by Crippen LogP contribution is -2.27. The fourth-order valence-electron chi connectivity index (χ4n) is 1.79. The van der Waals surface area contributed by atoms with Crippen molar-refractivity contribution in [3.8, 4) is 0 Å². The molecule has 0 unspecified atom stereocenters. The second-order valence-electron chi connectivity index (χ2n) is 4.73. The minimum atomic E-state index is 0.0383. The van der Waals surface area contributed by atoms with Gasteiger partial charge in [-0.3, -0.25) is 4.79 Å². The van der Waals surface area contributed by atoms with Gasteiger partial charge in [0.25, 0.3) is 0 Å². The number of nitrogen functional groups attached to an aromatic ring is 1. The number of hydrogen-bond acceptors (Lipinski definition) is 4. The number of rotatable bonds is 5. The fourth-order valence-corrected chi connectivity index (χ4v) is 3.06. The molecule has 1 heterocycles. The van der Waals surface area contributed by atoms with Crippen LogP contribution in [0.15, 0.2) is 44.1 Å². The molecule has 0 radical (unpaired) electrons. The number of aryl methyl sites for hydroxylation is 1. The van der Waals surface area contributed by atoms with Gasteiger partial charge in [-0.1, -0.05) is 15.9 Å². The Hall–Kier alpha value is -1.40. The standard InChI is InChI=1S/C15H17BrN2O2S/c1-10-3-5-12(20-10)8-18(2)15(19)9-21-14-6-4-11(16)7-13(14)17/h3-7H,8-9,17H2,1-2H3. The van der Waals surface area contributed by atoms with E-state index in [0.717, 1.165) is 20.9 Å². The predicted octanol–water partition coefficient (Wildman–Crippen LogP) is 3.68. The third-order valence-electron chi connectivity index (χ3n) is 2.94. The van der Waals surface area contributed by atoms with Gasteiger partial charge < -0.3 is 15.1 Å². The third-order valence-corrected chi connectivity index (χ3v) is 4.51. The van der Waals surface area contributed by atoms with E-state index < -0.39 is 0 Å². The number of halogens is 1. The van der Waals surface area contributed by atoms with Crippen LogP contribution >= 0.6 is 27.7 Å². The highest BCUT2D eigenvalue weighted by Gasteiger charge is 2.12. The Morgan fingerprint density at radius 3 is 2.76 bits per heavy atom. The topological polar surface area (TPSA) is 59.5 Å². The summed E-state index contributed by atoms with van der Waals surface area (Å²) in [7, 11) is 1.77. The van der Waals surface area contributed by atoms with E-state index in [4.69, 9.17) is 10.2 Å². The largest absolute Gasteiger partial charge is 0.464 e. The second-order valence-corrected chi connectivity index (χ2v) is 6.67. The third kappa shape index (κ3) is 4.54. The van der Waals surface area contributed by atoms with E-state index >= 15 is 0 Å². The zero-order chi connectivity index (χ0) is 15.4. The van der Waals surface area contributed by atoms with Gasteiger partial charge in [-0.2, -0.15) is 0 Å². The SMILES string of the molecule is Cc1ccc(CN(C)C(=O)CSc2ccc(Br)cc2N)o1. The fraction of sp³-hybridized carbons (Fsp3) is 0.267. The quantitative estimate of drug-likeness (QED) is 0.645. The molecule has 0 spiro atoms. The number of nitrogens with zero attached hydrogens (tertiary/aromatic N) is 1. The number of nitrogens with two attached hydrogens (primary N) is 1. The Labute approximate surface area is 136 Å². The number of furan rings is 1. The van der Waals surface area contributed by atoms with Crippen LogP contribution in [0.2, 0.25) is 0 Å². The smallest absolute Gasteiger partial charge is 0.233 e. The van der Waals surface area contributed by atoms with E-state index in [2.05, 4.69) is 15.9 Å². The van der Waals surface area contributed by atoms with Gasteiger partial charge >= 0.3 is 0 Å². The van der Waals surface area contributed by atoms with Gasteiger partial charge in [0.15, 0.2) is 0 Å². The van der Waals surface area contributed by atoms with E-state index in [1.54, 1.807) is 11.9 Å². The molecular formula is C15H17BrN2O2S. The second kappa shape index (κ2) is 7.04. The first kappa shape index (κ1) is 16.0. The molecule has 1 aromatic carbocycles. The molecule has 112 valence electrons. The minimum absolute atomic E-state index is 0.0383. The molecule has 4 nitrogen and oxygen atoms in total. The van der Waals surface area contributed by atoms with Gasteiger partial charge in [-0.25, -0.2) is 0 Å². The van der Waals surface area contributed by atoms with Crippen LogP contribution in [-0.2, 0) is 11.3 Å². The molecule has 1 amide bonds. The molecular weight excluding hydrogens is 352 g/mol. The van der Waals surface area contributed by atoms with Crippen molar-refractivity contribution in [2.24, 2.45) is 0 Å². The monoisotopic (exact) mass is 368 g/mol. The van der Waals surface area contributed by atoms with E-state index in [0.29, 0.717) is 18.0 Å². The van der Waals surface area contributed by atoms with Crippen molar-refractivity contribution in [2.75, 3.05) is 18.5 Å². The van der Waals surface area contributed by atoms with Crippen LogP contribution < -0.4 is 5.73 Å².